The van der Waals surface area contributed by atoms with Gasteiger partial charge in [-0.1, -0.05) is 42.3 Å². The summed E-state index contributed by atoms with van der Waals surface area (Å²) in [5.41, 5.74) is 0.0581. The quantitative estimate of drug-likeness (QED) is 0.784. The van der Waals surface area contributed by atoms with Crippen molar-refractivity contribution in [1.29, 1.82) is 0 Å². The smallest absolute Gasteiger partial charge is 0.313 e. The van der Waals surface area contributed by atoms with E-state index in [0.29, 0.717) is 5.56 Å². The molecule has 0 aromatic heterocycles. The van der Waals surface area contributed by atoms with E-state index in [4.69, 9.17) is 11.6 Å². The van der Waals surface area contributed by atoms with Crippen LogP contribution in [0.15, 0.2) is 48.4 Å². The molecule has 0 heterocycles. The SMILES string of the molecule is [2H]c1c([2H])c([2H])c(-c2ccc(C(C)C(=O)OCC)cc2F)c([2H])c1[2H]. The molecule has 0 bridgehead atoms. The molecule has 0 N–H and O–H groups in total. The summed E-state index contributed by atoms with van der Waals surface area (Å²) < 4.78 is 58.3. The fraction of sp³-hybridized carbons (Fsp3) is 0.235. The number of carbonyl (C=O) groups excluding carboxylic acids is 1. The van der Waals surface area contributed by atoms with Crippen LogP contribution in [0.1, 0.15) is 32.2 Å². The van der Waals surface area contributed by atoms with E-state index in [9.17, 15) is 9.18 Å². The lowest BCUT2D eigenvalue weighted by Crippen LogP contribution is -2.13. The first-order chi connectivity index (χ1) is 11.7. The molecule has 0 aliphatic rings. The predicted octanol–water partition coefficient (Wildman–Crippen LogP) is 4.16. The molecule has 0 saturated heterocycles. The Bertz CT molecular complexity index is 809. The summed E-state index contributed by atoms with van der Waals surface area (Å²) in [5, 5.41) is 0. The monoisotopic (exact) mass is 277 g/mol. The lowest BCUT2D eigenvalue weighted by Gasteiger charge is -2.12. The standard InChI is InChI=1S/C17H17FO2/c1-3-20-17(19)12(2)14-9-10-15(16(18)11-14)13-7-5-4-6-8-13/h4-12H,3H2,1-2H3/i4D,5D,6D,7D,8D. The van der Waals surface area contributed by atoms with Gasteiger partial charge in [0, 0.05) is 5.56 Å². The number of carbonyl (C=O) groups is 1. The van der Waals surface area contributed by atoms with E-state index >= 15 is 0 Å². The summed E-state index contributed by atoms with van der Waals surface area (Å²) in [6.45, 7) is 3.47. The van der Waals surface area contributed by atoms with Crippen LogP contribution in [-0.2, 0) is 9.53 Å². The Labute approximate surface area is 125 Å². The van der Waals surface area contributed by atoms with Crippen LogP contribution in [0.3, 0.4) is 0 Å². The van der Waals surface area contributed by atoms with Gasteiger partial charge in [0.1, 0.15) is 5.82 Å². The van der Waals surface area contributed by atoms with E-state index in [2.05, 4.69) is 0 Å². The summed E-state index contributed by atoms with van der Waals surface area (Å²) in [6.07, 6.45) is 0. The lowest BCUT2D eigenvalue weighted by molar-refractivity contribution is -0.144. The molecule has 0 spiro atoms. The topological polar surface area (TPSA) is 26.3 Å². The van der Waals surface area contributed by atoms with Gasteiger partial charge in [-0.2, -0.15) is 0 Å². The highest BCUT2D eigenvalue weighted by atomic mass is 19.1. The summed E-state index contributed by atoms with van der Waals surface area (Å²) in [5.74, 6) is -1.94. The third-order valence-electron chi connectivity index (χ3n) is 2.90. The highest BCUT2D eigenvalue weighted by Gasteiger charge is 2.18. The van der Waals surface area contributed by atoms with Crippen molar-refractivity contribution in [2.24, 2.45) is 0 Å². The third kappa shape index (κ3) is 3.05. The summed E-state index contributed by atoms with van der Waals surface area (Å²) in [7, 11) is 0. The Balaban J connectivity index is 2.55. The largest absolute Gasteiger partial charge is 0.466 e. The van der Waals surface area contributed by atoms with E-state index in [1.807, 2.05) is 0 Å². The molecule has 104 valence electrons. The van der Waals surface area contributed by atoms with E-state index in [0.717, 1.165) is 6.07 Å². The first-order valence-corrected chi connectivity index (χ1v) is 6.24. The van der Waals surface area contributed by atoms with Gasteiger partial charge in [0.25, 0.3) is 0 Å². The minimum absolute atomic E-state index is 0.114. The molecule has 0 aliphatic heterocycles. The molecular weight excluding hydrogens is 255 g/mol. The summed E-state index contributed by atoms with van der Waals surface area (Å²) in [6, 6.07) is 1.38. The van der Waals surface area contributed by atoms with Crippen molar-refractivity contribution < 1.29 is 20.8 Å². The number of hydrogen-bond donors (Lipinski definition) is 0. The van der Waals surface area contributed by atoms with Crippen LogP contribution in [0.25, 0.3) is 11.1 Å². The molecule has 0 radical (unpaired) electrons. The minimum Gasteiger partial charge on any atom is -0.466 e. The molecule has 20 heavy (non-hydrogen) atoms. The molecule has 2 aromatic carbocycles. The van der Waals surface area contributed by atoms with Gasteiger partial charge in [-0.3, -0.25) is 4.79 Å². The van der Waals surface area contributed by atoms with Crippen LogP contribution in [0.4, 0.5) is 4.39 Å². The average molecular weight is 277 g/mol. The van der Waals surface area contributed by atoms with Crippen LogP contribution in [0.5, 0.6) is 0 Å². The summed E-state index contributed by atoms with van der Waals surface area (Å²) in [4.78, 5) is 11.8. The predicted molar refractivity (Wildman–Crippen MR) is 76.9 cm³/mol. The van der Waals surface area contributed by atoms with Gasteiger partial charge >= 0.3 is 5.97 Å². The molecule has 2 aromatic rings. The van der Waals surface area contributed by atoms with Crippen molar-refractivity contribution in [3.05, 3.63) is 59.8 Å². The number of hydrogen-bond acceptors (Lipinski definition) is 2. The highest BCUT2D eigenvalue weighted by Crippen LogP contribution is 2.26. The number of ether oxygens (including phenoxy) is 1. The maximum absolute atomic E-state index is 14.6. The lowest BCUT2D eigenvalue weighted by atomic mass is 9.97. The number of rotatable bonds is 4. The third-order valence-corrected chi connectivity index (χ3v) is 2.90. The molecule has 0 fully saturated rings. The first kappa shape index (κ1) is 8.90. The molecule has 2 nitrogen and oxygen atoms in total. The van der Waals surface area contributed by atoms with Crippen molar-refractivity contribution in [3.8, 4) is 11.1 Å². The molecule has 0 amide bonds. The van der Waals surface area contributed by atoms with Crippen LogP contribution in [0.2, 0.25) is 0 Å². The van der Waals surface area contributed by atoms with E-state index in [1.54, 1.807) is 13.8 Å². The Morgan fingerprint density at radius 3 is 2.65 bits per heavy atom. The molecule has 2 rings (SSSR count). The number of halogens is 1. The minimum atomic E-state index is -0.771. The fourth-order valence-corrected chi connectivity index (χ4v) is 1.79. The van der Waals surface area contributed by atoms with Gasteiger partial charge in [-0.25, -0.2) is 4.39 Å². The van der Waals surface area contributed by atoms with Crippen molar-refractivity contribution in [1.82, 2.24) is 0 Å². The van der Waals surface area contributed by atoms with Crippen molar-refractivity contribution in [3.63, 3.8) is 0 Å². The first-order valence-electron chi connectivity index (χ1n) is 8.74. The Morgan fingerprint density at radius 1 is 1.35 bits per heavy atom. The van der Waals surface area contributed by atoms with Gasteiger partial charge in [0.15, 0.2) is 0 Å². The summed E-state index contributed by atoms with van der Waals surface area (Å²) >= 11 is 0. The Hall–Kier alpha value is -2.16. The van der Waals surface area contributed by atoms with Gasteiger partial charge in [-0.15, -0.1) is 0 Å². The molecular formula is C17H17FO2. The van der Waals surface area contributed by atoms with Crippen molar-refractivity contribution in [2.45, 2.75) is 19.8 Å². The Morgan fingerprint density at radius 2 is 2.05 bits per heavy atom. The highest BCUT2D eigenvalue weighted by molar-refractivity contribution is 5.78. The van der Waals surface area contributed by atoms with Crippen LogP contribution >= 0.6 is 0 Å². The molecule has 3 heteroatoms. The average Bonchev–Trinajstić information content (AvgIpc) is 2.59. The van der Waals surface area contributed by atoms with Crippen molar-refractivity contribution in [2.75, 3.05) is 6.61 Å². The second kappa shape index (κ2) is 6.33. The number of esters is 1. The van der Waals surface area contributed by atoms with Gasteiger partial charge in [0.2, 0.25) is 0 Å². The molecule has 0 aliphatic carbocycles. The molecule has 1 atom stereocenters. The zero-order chi connectivity index (χ0) is 18.9. The molecule has 1 unspecified atom stereocenters. The zero-order valence-electron chi connectivity index (χ0n) is 16.2. The second-order valence-electron chi connectivity index (χ2n) is 4.21. The fourth-order valence-electron chi connectivity index (χ4n) is 1.79. The maximum atomic E-state index is 14.6. The van der Waals surface area contributed by atoms with Crippen molar-refractivity contribution >= 4 is 5.97 Å². The van der Waals surface area contributed by atoms with Crippen LogP contribution in [-0.4, -0.2) is 12.6 Å². The second-order valence-corrected chi connectivity index (χ2v) is 4.21. The number of benzene rings is 2. The van der Waals surface area contributed by atoms with Crippen LogP contribution < -0.4 is 0 Å². The normalized spacial score (nSPS) is 15.4. The van der Waals surface area contributed by atoms with E-state index < -0.39 is 47.9 Å². The maximum Gasteiger partial charge on any atom is 0.313 e. The van der Waals surface area contributed by atoms with Gasteiger partial charge in [-0.05, 0) is 31.0 Å². The molecule has 0 saturated carbocycles. The Kier molecular flexibility index (Phi) is 2.82. The van der Waals surface area contributed by atoms with Crippen LogP contribution in [0, 0.1) is 5.82 Å². The van der Waals surface area contributed by atoms with Gasteiger partial charge < -0.3 is 4.74 Å². The van der Waals surface area contributed by atoms with Gasteiger partial charge in [0.05, 0.1) is 19.4 Å². The van der Waals surface area contributed by atoms with E-state index in [1.165, 1.54) is 12.1 Å². The zero-order valence-corrected chi connectivity index (χ0v) is 11.2. The van der Waals surface area contributed by atoms with E-state index in [-0.39, 0.29) is 17.7 Å².